The van der Waals surface area contributed by atoms with E-state index in [-0.39, 0.29) is 5.56 Å². The molecule has 0 spiro atoms. The number of nitriles is 1. The normalized spacial score (nSPS) is 14.1. The predicted octanol–water partition coefficient (Wildman–Crippen LogP) is 1.69. The number of nitrogens with zero attached hydrogens (tertiary/aromatic N) is 1. The third-order valence-corrected chi connectivity index (χ3v) is 2.06. The van der Waals surface area contributed by atoms with E-state index in [0.29, 0.717) is 0 Å². The van der Waals surface area contributed by atoms with Gasteiger partial charge in [0.15, 0.2) is 5.41 Å². The lowest BCUT2D eigenvalue weighted by molar-refractivity contribution is -0.141. The van der Waals surface area contributed by atoms with Crippen LogP contribution in [-0.4, -0.2) is 11.1 Å². The van der Waals surface area contributed by atoms with Gasteiger partial charge in [-0.2, -0.15) is 5.26 Å². The van der Waals surface area contributed by atoms with Crippen molar-refractivity contribution in [3.05, 3.63) is 35.6 Å². The zero-order valence-electron chi connectivity index (χ0n) is 7.49. The fraction of sp³-hybridized carbons (Fsp3) is 0.200. The highest BCUT2D eigenvalue weighted by Gasteiger charge is 2.37. The van der Waals surface area contributed by atoms with Gasteiger partial charge in [-0.1, -0.05) is 18.2 Å². The number of carboxylic acid groups (broad SMARTS) is 1. The molecule has 4 heteroatoms. The van der Waals surface area contributed by atoms with Crippen LogP contribution >= 0.6 is 0 Å². The van der Waals surface area contributed by atoms with Gasteiger partial charge in [0.05, 0.1) is 6.07 Å². The number of carboxylic acids is 1. The summed E-state index contributed by atoms with van der Waals surface area (Å²) in [6.07, 6.45) is 0. The molecule has 0 fully saturated rings. The van der Waals surface area contributed by atoms with Crippen LogP contribution in [0.15, 0.2) is 24.3 Å². The van der Waals surface area contributed by atoms with Gasteiger partial charge >= 0.3 is 5.97 Å². The van der Waals surface area contributed by atoms with Crippen molar-refractivity contribution >= 4 is 5.97 Å². The van der Waals surface area contributed by atoms with Crippen molar-refractivity contribution in [2.45, 2.75) is 12.3 Å². The number of hydrogen-bond donors (Lipinski definition) is 1. The van der Waals surface area contributed by atoms with E-state index in [9.17, 15) is 9.18 Å². The van der Waals surface area contributed by atoms with Crippen LogP contribution in [0, 0.1) is 17.1 Å². The van der Waals surface area contributed by atoms with Crippen LogP contribution in [0.1, 0.15) is 12.5 Å². The molecule has 3 nitrogen and oxygen atoms in total. The summed E-state index contributed by atoms with van der Waals surface area (Å²) in [5, 5.41) is 17.6. The number of aliphatic carboxylic acids is 1. The van der Waals surface area contributed by atoms with E-state index in [1.165, 1.54) is 25.1 Å². The van der Waals surface area contributed by atoms with Crippen molar-refractivity contribution in [3.63, 3.8) is 0 Å². The first-order chi connectivity index (χ1) is 6.52. The molecule has 1 N–H and O–H groups in total. The van der Waals surface area contributed by atoms with Crippen molar-refractivity contribution in [1.29, 1.82) is 5.26 Å². The Hall–Kier alpha value is -1.89. The second kappa shape index (κ2) is 3.46. The highest BCUT2D eigenvalue weighted by Crippen LogP contribution is 2.25. The number of halogens is 1. The molecule has 0 saturated heterocycles. The Morgan fingerprint density at radius 2 is 2.14 bits per heavy atom. The minimum absolute atomic E-state index is 0.116. The van der Waals surface area contributed by atoms with Gasteiger partial charge in [0, 0.05) is 5.56 Å². The molecule has 0 aromatic heterocycles. The molecular weight excluding hydrogens is 185 g/mol. The Labute approximate surface area is 80.4 Å². The molecule has 1 unspecified atom stereocenters. The molecule has 0 saturated carbocycles. The monoisotopic (exact) mass is 193 g/mol. The van der Waals surface area contributed by atoms with E-state index >= 15 is 0 Å². The van der Waals surface area contributed by atoms with Crippen LogP contribution in [0.4, 0.5) is 4.39 Å². The SMILES string of the molecule is CC(C#N)(C(=O)O)c1ccccc1F. The highest BCUT2D eigenvalue weighted by molar-refractivity contribution is 5.84. The predicted molar refractivity (Wildman–Crippen MR) is 47.0 cm³/mol. The second-order valence-electron chi connectivity index (χ2n) is 3.02. The van der Waals surface area contributed by atoms with Gasteiger partial charge in [0.2, 0.25) is 0 Å². The fourth-order valence-corrected chi connectivity index (χ4v) is 1.09. The van der Waals surface area contributed by atoms with Gasteiger partial charge in [0.25, 0.3) is 0 Å². The van der Waals surface area contributed by atoms with E-state index in [0.717, 1.165) is 6.07 Å². The molecule has 1 aromatic rings. The van der Waals surface area contributed by atoms with Crippen molar-refractivity contribution in [1.82, 2.24) is 0 Å². The number of carbonyl (C=O) groups is 1. The fourth-order valence-electron chi connectivity index (χ4n) is 1.09. The van der Waals surface area contributed by atoms with Crippen LogP contribution < -0.4 is 0 Å². The van der Waals surface area contributed by atoms with E-state index < -0.39 is 17.2 Å². The molecule has 1 atom stereocenters. The van der Waals surface area contributed by atoms with E-state index in [2.05, 4.69) is 0 Å². The summed E-state index contributed by atoms with van der Waals surface area (Å²) in [5.74, 6) is -2.04. The second-order valence-corrected chi connectivity index (χ2v) is 3.02. The molecule has 0 aliphatic rings. The van der Waals surface area contributed by atoms with Gasteiger partial charge in [-0.15, -0.1) is 0 Å². The first kappa shape index (κ1) is 10.2. The third kappa shape index (κ3) is 1.44. The third-order valence-electron chi connectivity index (χ3n) is 2.06. The average Bonchev–Trinajstić information content (AvgIpc) is 2.17. The molecule has 0 amide bonds. The number of benzene rings is 1. The van der Waals surface area contributed by atoms with Crippen LogP contribution in [0.3, 0.4) is 0 Å². The Kier molecular flexibility index (Phi) is 2.52. The van der Waals surface area contributed by atoms with Gasteiger partial charge in [-0.3, -0.25) is 4.79 Å². The zero-order chi connectivity index (χ0) is 10.8. The Morgan fingerprint density at radius 1 is 1.57 bits per heavy atom. The molecule has 0 radical (unpaired) electrons. The maximum absolute atomic E-state index is 13.2. The van der Waals surface area contributed by atoms with Gasteiger partial charge < -0.3 is 5.11 Å². The lowest BCUT2D eigenvalue weighted by atomic mass is 9.84. The topological polar surface area (TPSA) is 61.1 Å². The van der Waals surface area contributed by atoms with Crippen LogP contribution in [0.5, 0.6) is 0 Å². The maximum atomic E-state index is 13.2. The van der Waals surface area contributed by atoms with E-state index in [1.807, 2.05) is 0 Å². The Bertz CT molecular complexity index is 411. The smallest absolute Gasteiger partial charge is 0.328 e. The highest BCUT2D eigenvalue weighted by atomic mass is 19.1. The molecule has 1 rings (SSSR count). The minimum atomic E-state index is -1.83. The van der Waals surface area contributed by atoms with Crippen LogP contribution in [-0.2, 0) is 10.2 Å². The van der Waals surface area contributed by atoms with Crippen molar-refractivity contribution in [3.8, 4) is 6.07 Å². The maximum Gasteiger partial charge on any atom is 0.328 e. The standard InChI is InChI=1S/C10H8FNO2/c1-10(6-12,9(13)14)7-4-2-3-5-8(7)11/h2-5H,1H3,(H,13,14). The Balaban J connectivity index is 3.36. The molecule has 0 heterocycles. The molecule has 14 heavy (non-hydrogen) atoms. The van der Waals surface area contributed by atoms with Crippen LogP contribution in [0.25, 0.3) is 0 Å². The average molecular weight is 193 g/mol. The molecule has 1 aromatic carbocycles. The largest absolute Gasteiger partial charge is 0.480 e. The van der Waals surface area contributed by atoms with Crippen molar-refractivity contribution < 1.29 is 14.3 Å². The quantitative estimate of drug-likeness (QED) is 0.777. The summed E-state index contributed by atoms with van der Waals surface area (Å²) in [4.78, 5) is 10.8. The Morgan fingerprint density at radius 3 is 2.57 bits per heavy atom. The molecule has 0 bridgehead atoms. The molecule has 72 valence electrons. The molecular formula is C10H8FNO2. The van der Waals surface area contributed by atoms with Gasteiger partial charge in [0.1, 0.15) is 5.82 Å². The summed E-state index contributed by atoms with van der Waals surface area (Å²) < 4.78 is 13.2. The summed E-state index contributed by atoms with van der Waals surface area (Å²) in [5.41, 5.74) is -1.94. The van der Waals surface area contributed by atoms with E-state index in [1.54, 1.807) is 6.07 Å². The first-order valence-electron chi connectivity index (χ1n) is 3.92. The molecule has 0 aliphatic carbocycles. The van der Waals surface area contributed by atoms with E-state index in [4.69, 9.17) is 10.4 Å². The van der Waals surface area contributed by atoms with Crippen LogP contribution in [0.2, 0.25) is 0 Å². The lowest BCUT2D eigenvalue weighted by Crippen LogP contribution is -2.31. The minimum Gasteiger partial charge on any atom is -0.480 e. The first-order valence-corrected chi connectivity index (χ1v) is 3.92. The number of rotatable bonds is 2. The van der Waals surface area contributed by atoms with Crippen molar-refractivity contribution in [2.75, 3.05) is 0 Å². The van der Waals surface area contributed by atoms with Gasteiger partial charge in [-0.05, 0) is 13.0 Å². The lowest BCUT2D eigenvalue weighted by Gasteiger charge is -2.16. The zero-order valence-corrected chi connectivity index (χ0v) is 7.49. The van der Waals surface area contributed by atoms with Crippen molar-refractivity contribution in [2.24, 2.45) is 0 Å². The summed E-state index contributed by atoms with van der Waals surface area (Å²) >= 11 is 0. The number of hydrogen-bond acceptors (Lipinski definition) is 2. The summed E-state index contributed by atoms with van der Waals surface area (Å²) in [6, 6.07) is 6.97. The van der Waals surface area contributed by atoms with Gasteiger partial charge in [-0.25, -0.2) is 4.39 Å². The summed E-state index contributed by atoms with van der Waals surface area (Å²) in [6.45, 7) is 1.17. The molecule has 0 aliphatic heterocycles. The summed E-state index contributed by atoms with van der Waals surface area (Å²) in [7, 11) is 0.